The van der Waals surface area contributed by atoms with Gasteiger partial charge in [-0.05, 0) is 18.6 Å². The first kappa shape index (κ1) is 15.1. The van der Waals surface area contributed by atoms with Crippen molar-refractivity contribution >= 4 is 12.3 Å². The lowest BCUT2D eigenvalue weighted by Gasteiger charge is -2.19. The van der Waals surface area contributed by atoms with Crippen molar-refractivity contribution in [2.45, 2.75) is 25.6 Å². The van der Waals surface area contributed by atoms with Crippen LogP contribution in [-0.4, -0.2) is 40.3 Å². The highest BCUT2D eigenvalue weighted by molar-refractivity contribution is 5.81. The average Bonchev–Trinajstić information content (AvgIpc) is 2.37. The Labute approximate surface area is 110 Å². The van der Waals surface area contributed by atoms with Crippen LogP contribution in [0.4, 0.5) is 0 Å². The molecular formula is C13H16O6. The minimum Gasteiger partial charge on any atom is -0.507 e. The van der Waals surface area contributed by atoms with E-state index in [4.69, 9.17) is 0 Å². The molecule has 0 spiro atoms. The van der Waals surface area contributed by atoms with Gasteiger partial charge in [0.1, 0.15) is 11.9 Å². The molecule has 0 fully saturated rings. The standard InChI is InChI=1S/C13H16O6/c1-2-19-12(17)6-11(16)13(18)8-4-3-5-10(15)9(8)7-14/h3-5,7,11,13,15-16,18H,2,6H2,1H3. The Hall–Kier alpha value is -1.92. The second kappa shape index (κ2) is 6.86. The summed E-state index contributed by atoms with van der Waals surface area (Å²) in [7, 11) is 0. The van der Waals surface area contributed by atoms with Gasteiger partial charge >= 0.3 is 5.97 Å². The normalized spacial score (nSPS) is 13.6. The molecule has 0 saturated carbocycles. The van der Waals surface area contributed by atoms with Gasteiger partial charge in [-0.3, -0.25) is 9.59 Å². The van der Waals surface area contributed by atoms with Crippen LogP contribution >= 0.6 is 0 Å². The Morgan fingerprint density at radius 3 is 2.68 bits per heavy atom. The van der Waals surface area contributed by atoms with E-state index < -0.39 is 24.6 Å². The number of phenols is 1. The number of phenolic OH excluding ortho intramolecular Hbond substituents is 1. The van der Waals surface area contributed by atoms with E-state index in [-0.39, 0.29) is 23.5 Å². The molecule has 104 valence electrons. The Balaban J connectivity index is 2.88. The van der Waals surface area contributed by atoms with Crippen molar-refractivity contribution in [2.24, 2.45) is 0 Å². The van der Waals surface area contributed by atoms with Crippen molar-refractivity contribution in [3.05, 3.63) is 29.3 Å². The molecule has 0 aliphatic carbocycles. The number of rotatable bonds is 6. The number of benzene rings is 1. The molecule has 0 amide bonds. The summed E-state index contributed by atoms with van der Waals surface area (Å²) in [6, 6.07) is 4.11. The second-order valence-electron chi connectivity index (χ2n) is 3.92. The zero-order chi connectivity index (χ0) is 14.4. The molecule has 19 heavy (non-hydrogen) atoms. The van der Waals surface area contributed by atoms with E-state index in [1.807, 2.05) is 0 Å². The Morgan fingerprint density at radius 1 is 1.42 bits per heavy atom. The molecule has 0 bridgehead atoms. The monoisotopic (exact) mass is 268 g/mol. The molecule has 1 aromatic carbocycles. The van der Waals surface area contributed by atoms with Gasteiger partial charge in [-0.1, -0.05) is 12.1 Å². The summed E-state index contributed by atoms with van der Waals surface area (Å²) in [4.78, 5) is 22.1. The Bertz CT molecular complexity index is 456. The van der Waals surface area contributed by atoms with Crippen molar-refractivity contribution in [2.75, 3.05) is 6.61 Å². The maximum Gasteiger partial charge on any atom is 0.308 e. The maximum absolute atomic E-state index is 11.2. The number of esters is 1. The third-order valence-corrected chi connectivity index (χ3v) is 2.60. The van der Waals surface area contributed by atoms with Crippen molar-refractivity contribution in [3.8, 4) is 5.75 Å². The van der Waals surface area contributed by atoms with Crippen LogP contribution in [0.3, 0.4) is 0 Å². The van der Waals surface area contributed by atoms with E-state index in [2.05, 4.69) is 4.74 Å². The highest BCUT2D eigenvalue weighted by atomic mass is 16.5. The number of hydrogen-bond acceptors (Lipinski definition) is 6. The first-order chi connectivity index (χ1) is 9.01. The van der Waals surface area contributed by atoms with Gasteiger partial charge in [-0.15, -0.1) is 0 Å². The van der Waals surface area contributed by atoms with Crippen molar-refractivity contribution < 1.29 is 29.6 Å². The van der Waals surface area contributed by atoms with E-state index >= 15 is 0 Å². The van der Waals surface area contributed by atoms with Gasteiger partial charge in [-0.2, -0.15) is 0 Å². The largest absolute Gasteiger partial charge is 0.507 e. The Morgan fingerprint density at radius 2 is 2.11 bits per heavy atom. The molecule has 6 nitrogen and oxygen atoms in total. The lowest BCUT2D eigenvalue weighted by Crippen LogP contribution is -2.24. The summed E-state index contributed by atoms with van der Waals surface area (Å²) in [5.74, 6) is -0.947. The Kier molecular flexibility index (Phi) is 5.47. The zero-order valence-electron chi connectivity index (χ0n) is 10.4. The summed E-state index contributed by atoms with van der Waals surface area (Å²) in [5, 5.41) is 29.1. The summed E-state index contributed by atoms with van der Waals surface area (Å²) in [6.07, 6.45) is -2.90. The van der Waals surface area contributed by atoms with Crippen molar-refractivity contribution in [1.82, 2.24) is 0 Å². The number of hydrogen-bond donors (Lipinski definition) is 3. The number of aromatic hydroxyl groups is 1. The predicted molar refractivity (Wildman–Crippen MR) is 65.7 cm³/mol. The van der Waals surface area contributed by atoms with Gasteiger partial charge in [0.15, 0.2) is 6.29 Å². The molecule has 1 aromatic rings. The smallest absolute Gasteiger partial charge is 0.308 e. The summed E-state index contributed by atoms with van der Waals surface area (Å²) in [5.41, 5.74) is -0.0512. The quantitative estimate of drug-likeness (QED) is 0.514. The van der Waals surface area contributed by atoms with E-state index in [1.165, 1.54) is 18.2 Å². The maximum atomic E-state index is 11.2. The van der Waals surface area contributed by atoms with Crippen LogP contribution in [-0.2, 0) is 9.53 Å². The number of aliphatic hydroxyl groups excluding tert-OH is 2. The van der Waals surface area contributed by atoms with Crippen LogP contribution in [0.1, 0.15) is 35.4 Å². The number of carbonyl (C=O) groups excluding carboxylic acids is 2. The molecule has 0 saturated heterocycles. The van der Waals surface area contributed by atoms with Gasteiger partial charge in [0.05, 0.1) is 24.7 Å². The van der Waals surface area contributed by atoms with E-state index in [1.54, 1.807) is 6.92 Å². The van der Waals surface area contributed by atoms with Crippen LogP contribution in [0.15, 0.2) is 18.2 Å². The van der Waals surface area contributed by atoms with E-state index in [0.29, 0.717) is 6.29 Å². The number of aliphatic hydroxyl groups is 2. The topological polar surface area (TPSA) is 104 Å². The third kappa shape index (κ3) is 3.77. The molecule has 0 aromatic heterocycles. The molecule has 3 N–H and O–H groups in total. The van der Waals surface area contributed by atoms with Crippen LogP contribution < -0.4 is 0 Å². The lowest BCUT2D eigenvalue weighted by atomic mass is 9.97. The van der Waals surface area contributed by atoms with Gasteiger partial charge in [0, 0.05) is 0 Å². The van der Waals surface area contributed by atoms with Crippen LogP contribution in [0.2, 0.25) is 0 Å². The van der Waals surface area contributed by atoms with E-state index in [0.717, 1.165) is 0 Å². The minimum absolute atomic E-state index is 0.0619. The fourth-order valence-electron chi connectivity index (χ4n) is 1.67. The highest BCUT2D eigenvalue weighted by Gasteiger charge is 2.25. The summed E-state index contributed by atoms with van der Waals surface area (Å²) in [6.45, 7) is 1.80. The van der Waals surface area contributed by atoms with Crippen LogP contribution in [0.25, 0.3) is 0 Å². The fourth-order valence-corrected chi connectivity index (χ4v) is 1.67. The number of carbonyl (C=O) groups is 2. The van der Waals surface area contributed by atoms with Crippen LogP contribution in [0.5, 0.6) is 5.75 Å². The molecule has 1 rings (SSSR count). The number of aldehydes is 1. The molecule has 0 aliphatic rings. The molecule has 0 radical (unpaired) electrons. The summed E-state index contributed by atoms with van der Waals surface area (Å²) < 4.78 is 4.65. The molecule has 0 heterocycles. The lowest BCUT2D eigenvalue weighted by molar-refractivity contribution is -0.147. The molecule has 2 atom stereocenters. The SMILES string of the molecule is CCOC(=O)CC(O)C(O)c1cccc(O)c1C=O. The van der Waals surface area contributed by atoms with Crippen molar-refractivity contribution in [3.63, 3.8) is 0 Å². The molecule has 0 aliphatic heterocycles. The fraction of sp³-hybridized carbons (Fsp3) is 0.385. The second-order valence-corrected chi connectivity index (χ2v) is 3.92. The first-order valence-electron chi connectivity index (χ1n) is 5.80. The van der Waals surface area contributed by atoms with Gasteiger partial charge in [-0.25, -0.2) is 0 Å². The predicted octanol–water partition coefficient (Wildman–Crippen LogP) is 0.552. The molecule has 6 heteroatoms. The number of ether oxygens (including phenoxy) is 1. The molecule has 2 unspecified atom stereocenters. The minimum atomic E-state index is -1.46. The van der Waals surface area contributed by atoms with Crippen LogP contribution in [0, 0.1) is 0 Å². The highest BCUT2D eigenvalue weighted by Crippen LogP contribution is 2.27. The van der Waals surface area contributed by atoms with Crippen molar-refractivity contribution in [1.29, 1.82) is 0 Å². The van der Waals surface area contributed by atoms with Gasteiger partial charge < -0.3 is 20.1 Å². The zero-order valence-corrected chi connectivity index (χ0v) is 10.4. The average molecular weight is 268 g/mol. The third-order valence-electron chi connectivity index (χ3n) is 2.60. The summed E-state index contributed by atoms with van der Waals surface area (Å²) >= 11 is 0. The molecular weight excluding hydrogens is 252 g/mol. The van der Waals surface area contributed by atoms with Gasteiger partial charge in [0.2, 0.25) is 0 Å². The van der Waals surface area contributed by atoms with Gasteiger partial charge in [0.25, 0.3) is 0 Å². The van der Waals surface area contributed by atoms with E-state index in [9.17, 15) is 24.9 Å². The first-order valence-corrected chi connectivity index (χ1v) is 5.80.